The van der Waals surface area contributed by atoms with E-state index >= 15 is 0 Å². The van der Waals surface area contributed by atoms with Crippen LogP contribution in [0.15, 0.2) is 36.4 Å². The van der Waals surface area contributed by atoms with Crippen molar-refractivity contribution in [1.29, 1.82) is 0 Å². The number of benzene rings is 2. The fourth-order valence-electron chi connectivity index (χ4n) is 1.86. The van der Waals surface area contributed by atoms with E-state index in [9.17, 15) is 0 Å². The zero-order valence-electron chi connectivity index (χ0n) is 9.91. The Kier molecular flexibility index (Phi) is 4.12. The topological polar surface area (TPSA) is 35.2 Å². The molecule has 0 saturated heterocycles. The Morgan fingerprint density at radius 1 is 1.06 bits per heavy atom. The minimum Gasteiger partial charge on any atom is -0.497 e. The Hall–Kier alpha value is -1.22. The molecular formula is C14H13Cl2NO. The molecule has 4 heteroatoms. The molecule has 0 radical (unpaired) electrons. The second-order valence-electron chi connectivity index (χ2n) is 3.89. The highest BCUT2D eigenvalue weighted by Gasteiger charge is 2.07. The van der Waals surface area contributed by atoms with Crippen LogP contribution in [0.25, 0.3) is 11.1 Å². The lowest BCUT2D eigenvalue weighted by atomic mass is 9.99. The molecule has 0 fully saturated rings. The molecule has 0 aliphatic carbocycles. The van der Waals surface area contributed by atoms with Gasteiger partial charge in [-0.2, -0.15) is 0 Å². The number of hydrogen-bond acceptors (Lipinski definition) is 2. The molecule has 0 bridgehead atoms. The highest BCUT2D eigenvalue weighted by molar-refractivity contribution is 6.35. The van der Waals surface area contributed by atoms with Gasteiger partial charge in [0.15, 0.2) is 0 Å². The van der Waals surface area contributed by atoms with Crippen LogP contribution >= 0.6 is 23.2 Å². The Balaban J connectivity index is 2.55. The predicted octanol–water partition coefficient (Wildman–Crippen LogP) is 4.13. The number of halogens is 2. The molecule has 0 spiro atoms. The van der Waals surface area contributed by atoms with Crippen molar-refractivity contribution in [2.24, 2.45) is 5.73 Å². The minimum atomic E-state index is 0.427. The van der Waals surface area contributed by atoms with E-state index < -0.39 is 0 Å². The van der Waals surface area contributed by atoms with Gasteiger partial charge in [-0.15, -0.1) is 0 Å². The van der Waals surface area contributed by atoms with E-state index in [1.807, 2.05) is 30.3 Å². The predicted molar refractivity (Wildman–Crippen MR) is 76.3 cm³/mol. The first-order chi connectivity index (χ1) is 8.63. The van der Waals surface area contributed by atoms with Gasteiger partial charge in [0.1, 0.15) is 5.75 Å². The first kappa shape index (κ1) is 13.2. The molecule has 18 heavy (non-hydrogen) atoms. The van der Waals surface area contributed by atoms with Crippen molar-refractivity contribution in [2.75, 3.05) is 7.11 Å². The van der Waals surface area contributed by atoms with Crippen LogP contribution in [0.5, 0.6) is 5.75 Å². The van der Waals surface area contributed by atoms with E-state index in [4.69, 9.17) is 33.7 Å². The SMILES string of the molecule is COc1ccc(-c2cc(Cl)cc(Cl)c2)c(CN)c1. The summed E-state index contributed by atoms with van der Waals surface area (Å²) < 4.78 is 5.19. The third-order valence-corrected chi connectivity index (χ3v) is 3.14. The van der Waals surface area contributed by atoms with Gasteiger partial charge in [-0.25, -0.2) is 0 Å². The molecule has 0 heterocycles. The van der Waals surface area contributed by atoms with Crippen LogP contribution in [-0.2, 0) is 6.54 Å². The maximum atomic E-state index is 6.01. The quantitative estimate of drug-likeness (QED) is 0.918. The molecule has 0 saturated carbocycles. The monoisotopic (exact) mass is 281 g/mol. The molecule has 94 valence electrons. The molecule has 2 aromatic carbocycles. The fourth-order valence-corrected chi connectivity index (χ4v) is 2.38. The second kappa shape index (κ2) is 5.61. The lowest BCUT2D eigenvalue weighted by Crippen LogP contribution is -1.99. The minimum absolute atomic E-state index is 0.427. The van der Waals surface area contributed by atoms with Crippen LogP contribution in [0.4, 0.5) is 0 Å². The average molecular weight is 282 g/mol. The lowest BCUT2D eigenvalue weighted by Gasteiger charge is -2.11. The molecular weight excluding hydrogens is 269 g/mol. The Morgan fingerprint density at radius 2 is 1.72 bits per heavy atom. The van der Waals surface area contributed by atoms with Crippen LogP contribution in [0.2, 0.25) is 10.0 Å². The largest absolute Gasteiger partial charge is 0.497 e. The van der Waals surface area contributed by atoms with E-state index in [0.29, 0.717) is 16.6 Å². The van der Waals surface area contributed by atoms with Gasteiger partial charge in [0.05, 0.1) is 7.11 Å². The van der Waals surface area contributed by atoms with E-state index in [1.165, 1.54) is 0 Å². The van der Waals surface area contributed by atoms with Crippen molar-refractivity contribution in [2.45, 2.75) is 6.54 Å². The summed E-state index contributed by atoms with van der Waals surface area (Å²) >= 11 is 12.0. The van der Waals surface area contributed by atoms with Gasteiger partial charge in [0.2, 0.25) is 0 Å². The Bertz CT molecular complexity index is 549. The molecule has 2 N–H and O–H groups in total. The summed E-state index contributed by atoms with van der Waals surface area (Å²) in [6.07, 6.45) is 0. The van der Waals surface area contributed by atoms with Gasteiger partial charge in [0, 0.05) is 16.6 Å². The highest BCUT2D eigenvalue weighted by atomic mass is 35.5. The summed E-state index contributed by atoms with van der Waals surface area (Å²) in [6.45, 7) is 0.427. The highest BCUT2D eigenvalue weighted by Crippen LogP contribution is 2.31. The normalized spacial score (nSPS) is 10.4. The van der Waals surface area contributed by atoms with Crippen LogP contribution < -0.4 is 10.5 Å². The average Bonchev–Trinajstić information content (AvgIpc) is 2.36. The maximum Gasteiger partial charge on any atom is 0.119 e. The summed E-state index contributed by atoms with van der Waals surface area (Å²) in [4.78, 5) is 0. The Labute approximate surface area is 116 Å². The molecule has 0 atom stereocenters. The third kappa shape index (κ3) is 2.78. The van der Waals surface area contributed by atoms with Crippen molar-refractivity contribution >= 4 is 23.2 Å². The zero-order valence-corrected chi connectivity index (χ0v) is 11.4. The lowest BCUT2D eigenvalue weighted by molar-refractivity contribution is 0.414. The van der Waals surface area contributed by atoms with Gasteiger partial charge in [-0.1, -0.05) is 29.3 Å². The standard InChI is InChI=1S/C14H13Cl2NO/c1-18-13-2-3-14(10(6-13)8-17)9-4-11(15)7-12(16)5-9/h2-7H,8,17H2,1H3. The van der Waals surface area contributed by atoms with E-state index in [-0.39, 0.29) is 0 Å². The van der Waals surface area contributed by atoms with E-state index in [2.05, 4.69) is 0 Å². The number of rotatable bonds is 3. The first-order valence-corrected chi connectivity index (χ1v) is 6.23. The molecule has 2 rings (SSSR count). The van der Waals surface area contributed by atoms with Crippen molar-refractivity contribution in [3.05, 3.63) is 52.0 Å². The summed E-state index contributed by atoms with van der Waals surface area (Å²) in [5.41, 5.74) is 8.73. The number of hydrogen-bond donors (Lipinski definition) is 1. The zero-order chi connectivity index (χ0) is 13.1. The van der Waals surface area contributed by atoms with Gasteiger partial charge in [0.25, 0.3) is 0 Å². The van der Waals surface area contributed by atoms with E-state index in [1.54, 1.807) is 13.2 Å². The van der Waals surface area contributed by atoms with Crippen molar-refractivity contribution in [1.82, 2.24) is 0 Å². The van der Waals surface area contributed by atoms with Gasteiger partial charge >= 0.3 is 0 Å². The molecule has 0 aliphatic heterocycles. The third-order valence-electron chi connectivity index (χ3n) is 2.71. The number of ether oxygens (including phenoxy) is 1. The maximum absolute atomic E-state index is 6.01. The van der Waals surface area contributed by atoms with Crippen LogP contribution in [0.1, 0.15) is 5.56 Å². The molecule has 0 aromatic heterocycles. The number of nitrogens with two attached hydrogens (primary N) is 1. The molecule has 0 aliphatic rings. The first-order valence-electron chi connectivity index (χ1n) is 5.47. The number of methoxy groups -OCH3 is 1. The smallest absolute Gasteiger partial charge is 0.119 e. The van der Waals surface area contributed by atoms with Crippen molar-refractivity contribution < 1.29 is 4.74 Å². The molecule has 0 amide bonds. The Morgan fingerprint density at radius 3 is 2.28 bits per heavy atom. The summed E-state index contributed by atoms with van der Waals surface area (Å²) in [6, 6.07) is 11.2. The van der Waals surface area contributed by atoms with Crippen LogP contribution in [0, 0.1) is 0 Å². The van der Waals surface area contributed by atoms with Crippen LogP contribution in [-0.4, -0.2) is 7.11 Å². The summed E-state index contributed by atoms with van der Waals surface area (Å²) in [5, 5.41) is 1.22. The van der Waals surface area contributed by atoms with Gasteiger partial charge < -0.3 is 10.5 Å². The summed E-state index contributed by atoms with van der Waals surface area (Å²) in [5.74, 6) is 0.785. The van der Waals surface area contributed by atoms with Crippen molar-refractivity contribution in [3.8, 4) is 16.9 Å². The fraction of sp³-hybridized carbons (Fsp3) is 0.143. The van der Waals surface area contributed by atoms with Gasteiger partial charge in [-0.05, 0) is 47.0 Å². The van der Waals surface area contributed by atoms with Gasteiger partial charge in [-0.3, -0.25) is 0 Å². The van der Waals surface area contributed by atoms with Crippen molar-refractivity contribution in [3.63, 3.8) is 0 Å². The van der Waals surface area contributed by atoms with Crippen LogP contribution in [0.3, 0.4) is 0 Å². The second-order valence-corrected chi connectivity index (χ2v) is 4.76. The summed E-state index contributed by atoms with van der Waals surface area (Å²) in [7, 11) is 1.63. The molecule has 2 nitrogen and oxygen atoms in total. The molecule has 2 aromatic rings. The molecule has 0 unspecified atom stereocenters. The van der Waals surface area contributed by atoms with E-state index in [0.717, 1.165) is 22.4 Å².